The van der Waals surface area contributed by atoms with Crippen LogP contribution in [0.25, 0.3) is 0 Å². The molecule has 3 nitrogen and oxygen atoms in total. The number of hydrogen-bond donors (Lipinski definition) is 2. The number of nitrogens with one attached hydrogen (secondary N) is 1. The van der Waals surface area contributed by atoms with Crippen molar-refractivity contribution in [3.8, 4) is 0 Å². The summed E-state index contributed by atoms with van der Waals surface area (Å²) >= 11 is 0. The highest BCUT2D eigenvalue weighted by molar-refractivity contribution is 6.04. The topological polar surface area (TPSA) is 55.1 Å². The van der Waals surface area contributed by atoms with Gasteiger partial charge in [-0.05, 0) is 42.5 Å². The molecule has 0 aromatic heterocycles. The van der Waals surface area contributed by atoms with E-state index in [9.17, 15) is 18.0 Å². The Labute approximate surface area is 119 Å². The Morgan fingerprint density at radius 2 is 1.76 bits per heavy atom. The minimum absolute atomic E-state index is 0.0339. The summed E-state index contributed by atoms with van der Waals surface area (Å²) in [6.45, 7) is 0.660. The average Bonchev–Trinajstić information content (AvgIpc) is 2.37. The number of carbonyl (C=O) groups excluding carboxylic acids is 1. The summed E-state index contributed by atoms with van der Waals surface area (Å²) in [4.78, 5) is 11.9. The molecule has 0 unspecified atom stereocenters. The van der Waals surface area contributed by atoms with E-state index in [0.717, 1.165) is 18.2 Å². The van der Waals surface area contributed by atoms with Gasteiger partial charge in [0.1, 0.15) is 5.82 Å². The van der Waals surface area contributed by atoms with Crippen LogP contribution in [0.2, 0.25) is 0 Å². The van der Waals surface area contributed by atoms with Crippen molar-refractivity contribution in [2.45, 2.75) is 12.8 Å². The van der Waals surface area contributed by atoms with Gasteiger partial charge < -0.3 is 11.1 Å². The van der Waals surface area contributed by atoms with Crippen molar-refractivity contribution < 1.29 is 18.0 Å². The summed E-state index contributed by atoms with van der Waals surface area (Å²) in [6, 6.07) is 8.79. The number of halogens is 3. The molecule has 0 radical (unpaired) electrons. The number of benzene rings is 2. The molecule has 110 valence electrons. The van der Waals surface area contributed by atoms with Crippen molar-refractivity contribution in [1.29, 1.82) is 0 Å². The van der Waals surface area contributed by atoms with Gasteiger partial charge in [0.2, 0.25) is 0 Å². The summed E-state index contributed by atoms with van der Waals surface area (Å²) in [5.74, 6) is -4.57. The zero-order valence-electron chi connectivity index (χ0n) is 11.2. The Bertz CT molecular complexity index is 664. The van der Waals surface area contributed by atoms with Crippen LogP contribution in [0.4, 0.5) is 24.5 Å². The molecule has 0 atom stereocenters. The van der Waals surface area contributed by atoms with Gasteiger partial charge in [-0.1, -0.05) is 0 Å². The normalized spacial score (nSPS) is 11.2. The maximum Gasteiger partial charge on any atom is 0.270 e. The number of rotatable bonds is 3. The highest BCUT2D eigenvalue weighted by Crippen LogP contribution is 2.29. The highest BCUT2D eigenvalue weighted by atomic mass is 19.3. The Balaban J connectivity index is 2.25. The third-order valence-corrected chi connectivity index (χ3v) is 2.84. The molecule has 2 rings (SSSR count). The van der Waals surface area contributed by atoms with Gasteiger partial charge in [0, 0.05) is 29.4 Å². The molecule has 3 N–H and O–H groups in total. The molecular formula is C15H13F3N2O. The van der Waals surface area contributed by atoms with Gasteiger partial charge in [-0.15, -0.1) is 0 Å². The lowest BCUT2D eigenvalue weighted by molar-refractivity contribution is 0.0172. The van der Waals surface area contributed by atoms with Crippen molar-refractivity contribution in [3.05, 3.63) is 59.4 Å². The maximum atomic E-state index is 13.4. The van der Waals surface area contributed by atoms with Crippen molar-refractivity contribution in [1.82, 2.24) is 0 Å². The van der Waals surface area contributed by atoms with Crippen LogP contribution in [0.15, 0.2) is 42.5 Å². The van der Waals surface area contributed by atoms with Crippen molar-refractivity contribution >= 4 is 17.3 Å². The first kappa shape index (κ1) is 14.9. The van der Waals surface area contributed by atoms with Gasteiger partial charge in [-0.3, -0.25) is 4.79 Å². The van der Waals surface area contributed by atoms with Gasteiger partial charge in [-0.2, -0.15) is 0 Å². The molecule has 0 aliphatic heterocycles. The molecule has 6 heteroatoms. The first-order chi connectivity index (χ1) is 9.75. The van der Waals surface area contributed by atoms with Crippen LogP contribution >= 0.6 is 0 Å². The van der Waals surface area contributed by atoms with Crippen LogP contribution in [0.3, 0.4) is 0 Å². The molecule has 0 saturated heterocycles. The Morgan fingerprint density at radius 1 is 1.14 bits per heavy atom. The fourth-order valence-corrected chi connectivity index (χ4v) is 1.75. The molecule has 2 aromatic carbocycles. The second-order valence-corrected chi connectivity index (χ2v) is 4.69. The maximum absolute atomic E-state index is 13.4. The molecule has 2 aromatic rings. The third kappa shape index (κ3) is 3.75. The quantitative estimate of drug-likeness (QED) is 0.847. The van der Waals surface area contributed by atoms with E-state index in [1.807, 2.05) is 0 Å². The van der Waals surface area contributed by atoms with E-state index in [0.29, 0.717) is 18.2 Å². The van der Waals surface area contributed by atoms with Gasteiger partial charge in [0.15, 0.2) is 0 Å². The monoisotopic (exact) mass is 294 g/mol. The van der Waals surface area contributed by atoms with Crippen molar-refractivity contribution in [3.63, 3.8) is 0 Å². The summed E-state index contributed by atoms with van der Waals surface area (Å²) in [7, 11) is 0. The molecule has 0 bridgehead atoms. The van der Waals surface area contributed by atoms with E-state index in [1.165, 1.54) is 24.3 Å². The van der Waals surface area contributed by atoms with Gasteiger partial charge >= 0.3 is 0 Å². The summed E-state index contributed by atoms with van der Waals surface area (Å²) in [5, 5.41) is 2.38. The van der Waals surface area contributed by atoms with Crippen molar-refractivity contribution in [2.75, 3.05) is 11.1 Å². The van der Waals surface area contributed by atoms with Crippen LogP contribution < -0.4 is 11.1 Å². The first-order valence-corrected chi connectivity index (χ1v) is 6.11. The van der Waals surface area contributed by atoms with E-state index in [2.05, 4.69) is 5.32 Å². The fourth-order valence-electron chi connectivity index (χ4n) is 1.75. The van der Waals surface area contributed by atoms with E-state index in [-0.39, 0.29) is 5.69 Å². The molecule has 0 aliphatic carbocycles. The number of amides is 1. The van der Waals surface area contributed by atoms with Crippen LogP contribution in [-0.4, -0.2) is 5.91 Å². The predicted octanol–water partition coefficient (Wildman–Crippen LogP) is 3.77. The van der Waals surface area contributed by atoms with Gasteiger partial charge in [0.25, 0.3) is 11.8 Å². The predicted molar refractivity (Wildman–Crippen MR) is 74.8 cm³/mol. The number of carbonyl (C=O) groups is 1. The average molecular weight is 294 g/mol. The lowest BCUT2D eigenvalue weighted by Gasteiger charge is -2.13. The van der Waals surface area contributed by atoms with Gasteiger partial charge in [0.05, 0.1) is 0 Å². The molecule has 21 heavy (non-hydrogen) atoms. The van der Waals surface area contributed by atoms with Gasteiger partial charge in [-0.25, -0.2) is 13.2 Å². The van der Waals surface area contributed by atoms with Crippen LogP contribution in [0.1, 0.15) is 22.8 Å². The minimum Gasteiger partial charge on any atom is -0.399 e. The second kappa shape index (κ2) is 5.47. The minimum atomic E-state index is -3.19. The summed E-state index contributed by atoms with van der Waals surface area (Å²) < 4.78 is 39.8. The largest absolute Gasteiger partial charge is 0.399 e. The van der Waals surface area contributed by atoms with Crippen LogP contribution in [0, 0.1) is 5.82 Å². The van der Waals surface area contributed by atoms with E-state index < -0.39 is 23.2 Å². The lowest BCUT2D eigenvalue weighted by atomic mass is 10.1. The van der Waals surface area contributed by atoms with E-state index in [4.69, 9.17) is 5.73 Å². The molecule has 0 heterocycles. The third-order valence-electron chi connectivity index (χ3n) is 2.84. The molecule has 0 saturated carbocycles. The van der Waals surface area contributed by atoms with Crippen LogP contribution in [0.5, 0.6) is 0 Å². The highest BCUT2D eigenvalue weighted by Gasteiger charge is 2.25. The first-order valence-electron chi connectivity index (χ1n) is 6.11. The second-order valence-electron chi connectivity index (χ2n) is 4.69. The number of nitrogens with two attached hydrogens (primary N) is 1. The number of alkyl halides is 2. The molecule has 0 fully saturated rings. The van der Waals surface area contributed by atoms with Crippen LogP contribution in [-0.2, 0) is 5.92 Å². The zero-order chi connectivity index (χ0) is 15.6. The van der Waals surface area contributed by atoms with E-state index in [1.54, 1.807) is 0 Å². The smallest absolute Gasteiger partial charge is 0.270 e. The van der Waals surface area contributed by atoms with Crippen molar-refractivity contribution in [2.24, 2.45) is 0 Å². The Morgan fingerprint density at radius 3 is 2.33 bits per heavy atom. The Hall–Kier alpha value is -2.50. The molecule has 0 aliphatic rings. The summed E-state index contributed by atoms with van der Waals surface area (Å²) in [5.41, 5.74) is 5.74. The lowest BCUT2D eigenvalue weighted by Crippen LogP contribution is -2.14. The standard InChI is InChI=1S/C15H13F3N2O/c1-15(17,18)10-6-11(16)8-13(7-10)20-14(21)9-2-4-12(19)5-3-9/h2-8H,19H2,1H3,(H,20,21). The number of anilines is 2. The fraction of sp³-hybridized carbons (Fsp3) is 0.133. The number of hydrogen-bond acceptors (Lipinski definition) is 2. The Kier molecular flexibility index (Phi) is 3.88. The SMILES string of the molecule is CC(F)(F)c1cc(F)cc(NC(=O)c2ccc(N)cc2)c1. The summed E-state index contributed by atoms with van der Waals surface area (Å²) in [6.07, 6.45) is 0. The number of nitrogen functional groups attached to an aromatic ring is 1. The molecular weight excluding hydrogens is 281 g/mol. The molecule has 1 amide bonds. The van der Waals surface area contributed by atoms with E-state index >= 15 is 0 Å². The molecule has 0 spiro atoms. The zero-order valence-corrected chi connectivity index (χ0v) is 11.2.